The number of rotatable bonds is 0. The first-order valence-electron chi connectivity index (χ1n) is 8.22. The van der Waals surface area contributed by atoms with E-state index in [1.807, 2.05) is 0 Å². The Bertz CT molecular complexity index is 789. The van der Waals surface area contributed by atoms with E-state index in [9.17, 15) is 0 Å². The number of nitrogens with one attached hydrogen (secondary N) is 6. The van der Waals surface area contributed by atoms with Gasteiger partial charge in [-0.25, -0.2) is 37.3 Å². The second-order valence-electron chi connectivity index (χ2n) is 5.39. The van der Waals surface area contributed by atoms with Crippen LogP contribution in [0.4, 0.5) is 0 Å². The summed E-state index contributed by atoms with van der Waals surface area (Å²) in [6.07, 6.45) is 20.1. The summed E-state index contributed by atoms with van der Waals surface area (Å²) in [5.41, 5.74) is 1.71. The van der Waals surface area contributed by atoms with E-state index in [0.717, 1.165) is 0 Å². The molecule has 0 amide bonds. The van der Waals surface area contributed by atoms with Crippen molar-refractivity contribution in [1.82, 2.24) is 0 Å². The average Bonchev–Trinajstić information content (AvgIpc) is 2.67. The molecule has 0 saturated carbocycles. The SMILES string of the molecule is N=C1C=CC=CC1=N.N=C1C=CC=CC1=N.N=C1C=CC=CC1=N.O.O.O.O.[O-][Cl+3]([O-])([O-])[O-].[O-][Cl+3]([O-])([O-])[O-].[Os+2]. The van der Waals surface area contributed by atoms with Crippen molar-refractivity contribution < 1.29 is 99.5 Å². The Balaban J connectivity index is -0.0000000646. The molecule has 3 aliphatic rings. The van der Waals surface area contributed by atoms with Crippen LogP contribution < -0.4 is 37.3 Å². The summed E-state index contributed by atoms with van der Waals surface area (Å²) in [6.45, 7) is 0. The maximum Gasteiger partial charge on any atom is 2.00 e. The topological polar surface area (TPSA) is 454 Å². The van der Waals surface area contributed by atoms with E-state index in [1.54, 1.807) is 72.9 Å². The van der Waals surface area contributed by atoms with Crippen molar-refractivity contribution in [1.29, 1.82) is 32.5 Å². The monoisotopic (exact) mass is 780 g/mol. The average molecular weight is 780 g/mol. The van der Waals surface area contributed by atoms with Crippen LogP contribution in [0.2, 0.25) is 0 Å². The van der Waals surface area contributed by atoms with Gasteiger partial charge >= 0.3 is 19.8 Å². The molecule has 0 atom stereocenters. The third-order valence-corrected chi connectivity index (χ3v) is 2.78. The van der Waals surface area contributed by atoms with E-state index in [4.69, 9.17) is 69.7 Å². The van der Waals surface area contributed by atoms with Crippen molar-refractivity contribution in [3.63, 3.8) is 0 Å². The van der Waals surface area contributed by atoms with Crippen molar-refractivity contribution >= 4 is 34.3 Å². The van der Waals surface area contributed by atoms with E-state index in [1.165, 1.54) is 0 Å². The molecule has 0 aromatic heterocycles. The predicted molar refractivity (Wildman–Crippen MR) is 116 cm³/mol. The Morgan fingerprint density at radius 2 is 0.410 bits per heavy atom. The van der Waals surface area contributed by atoms with Crippen LogP contribution in [0, 0.1) is 52.9 Å². The maximum absolute atomic E-state index is 8.49. The predicted octanol–water partition coefficient (Wildman–Crippen LogP) is -9.36. The molecule has 0 spiro atoms. The molecular formula is C18H26Cl2N6O12Os. The minimum Gasteiger partial charge on any atom is -0.412 e. The van der Waals surface area contributed by atoms with Crippen LogP contribution in [-0.4, -0.2) is 56.2 Å². The Kier molecular flexibility index (Phi) is 36.1. The van der Waals surface area contributed by atoms with Crippen LogP contribution in [0.3, 0.4) is 0 Å². The minimum absolute atomic E-state index is 0. The first kappa shape index (κ1) is 52.6. The molecule has 0 saturated heterocycles. The van der Waals surface area contributed by atoms with Gasteiger partial charge in [0.1, 0.15) is 0 Å². The second kappa shape index (κ2) is 26.8. The second-order valence-corrected chi connectivity index (χ2v) is 6.90. The normalized spacial score (nSPS) is 13.8. The molecular weight excluding hydrogens is 753 g/mol. The summed E-state index contributed by atoms with van der Waals surface area (Å²) in [7, 11) is -9.89. The molecule has 3 aliphatic carbocycles. The molecule has 0 heterocycles. The smallest absolute Gasteiger partial charge is 0.412 e. The number of halogens is 2. The fraction of sp³-hybridized carbons (Fsp3) is 0. The maximum atomic E-state index is 8.49. The van der Waals surface area contributed by atoms with E-state index in [-0.39, 0.29) is 76.0 Å². The molecule has 3 rings (SSSR count). The van der Waals surface area contributed by atoms with E-state index in [2.05, 4.69) is 0 Å². The fourth-order valence-electron chi connectivity index (χ4n) is 1.45. The largest absolute Gasteiger partial charge is 2.00 e. The van der Waals surface area contributed by atoms with Crippen LogP contribution in [0.1, 0.15) is 0 Å². The van der Waals surface area contributed by atoms with Crippen molar-refractivity contribution in [3.05, 3.63) is 72.9 Å². The Morgan fingerprint density at radius 1 is 0.333 bits per heavy atom. The van der Waals surface area contributed by atoms with E-state index < -0.39 is 20.5 Å². The number of hydrogen-bond donors (Lipinski definition) is 6. The molecule has 39 heavy (non-hydrogen) atoms. The van der Waals surface area contributed by atoms with Gasteiger partial charge in [-0.1, -0.05) is 36.5 Å². The quantitative estimate of drug-likeness (QED) is 0.128. The number of hydrogen-bond acceptors (Lipinski definition) is 14. The van der Waals surface area contributed by atoms with Crippen LogP contribution in [-0.2, 0) is 19.8 Å². The molecule has 0 aliphatic heterocycles. The van der Waals surface area contributed by atoms with Crippen LogP contribution in [0.5, 0.6) is 0 Å². The molecule has 0 fully saturated rings. The summed E-state index contributed by atoms with van der Waals surface area (Å²) < 4.78 is 67.9. The molecule has 0 unspecified atom stereocenters. The molecule has 0 radical (unpaired) electrons. The summed E-state index contributed by atoms with van der Waals surface area (Å²) in [5, 5.41) is 42.2. The molecule has 0 bridgehead atoms. The molecule has 14 N–H and O–H groups in total. The van der Waals surface area contributed by atoms with Crippen molar-refractivity contribution in [2.45, 2.75) is 0 Å². The molecule has 0 aromatic carbocycles. The van der Waals surface area contributed by atoms with Crippen molar-refractivity contribution in [2.75, 3.05) is 0 Å². The van der Waals surface area contributed by atoms with E-state index >= 15 is 0 Å². The van der Waals surface area contributed by atoms with Gasteiger partial charge < -0.3 is 21.9 Å². The first-order valence-corrected chi connectivity index (χ1v) is 10.7. The van der Waals surface area contributed by atoms with Crippen molar-refractivity contribution in [3.8, 4) is 0 Å². The zero-order valence-electron chi connectivity index (χ0n) is 19.3. The fourth-order valence-corrected chi connectivity index (χ4v) is 1.45. The Hall–Kier alpha value is -2.80. The van der Waals surface area contributed by atoms with Gasteiger partial charge in [0.2, 0.25) is 0 Å². The molecule has 18 nitrogen and oxygen atoms in total. The number of allylic oxidation sites excluding steroid dienone is 12. The third kappa shape index (κ3) is 42.5. The minimum atomic E-state index is -4.94. The van der Waals surface area contributed by atoms with E-state index in [0.29, 0.717) is 0 Å². The standard InChI is InChI=1S/3C6H6N2.2ClHO4.4H2O.Os/c3*7-5-3-1-2-4-6(5)8;2*2-1(3,4)5;;;;;/h3*1-4,7-8H;2*(H,2,3,4,5);4*1H2;/q;;;;;;;;;+2/p-2. The zero-order chi connectivity index (χ0) is 26.9. The van der Waals surface area contributed by atoms with Crippen LogP contribution >= 0.6 is 0 Å². The zero-order valence-corrected chi connectivity index (χ0v) is 23.4. The Morgan fingerprint density at radius 3 is 0.462 bits per heavy atom. The van der Waals surface area contributed by atoms with Gasteiger partial charge in [-0.15, -0.1) is 20.5 Å². The molecule has 0 aromatic rings. The van der Waals surface area contributed by atoms with Gasteiger partial charge in [0.15, 0.2) is 0 Å². The summed E-state index contributed by atoms with van der Waals surface area (Å²) in [4.78, 5) is 0. The summed E-state index contributed by atoms with van der Waals surface area (Å²) in [5.74, 6) is 0. The van der Waals surface area contributed by atoms with Crippen LogP contribution in [0.25, 0.3) is 0 Å². The van der Waals surface area contributed by atoms with Gasteiger partial charge in [-0.3, -0.25) is 32.5 Å². The van der Waals surface area contributed by atoms with Gasteiger partial charge in [-0.05, 0) is 36.5 Å². The summed E-state index contributed by atoms with van der Waals surface area (Å²) >= 11 is 0. The first-order chi connectivity index (χ1) is 15.4. The molecule has 21 heteroatoms. The van der Waals surface area contributed by atoms with Crippen LogP contribution in [0.15, 0.2) is 72.9 Å². The Labute approximate surface area is 238 Å². The van der Waals surface area contributed by atoms with Gasteiger partial charge in [0.25, 0.3) is 0 Å². The van der Waals surface area contributed by atoms with Gasteiger partial charge in [0.05, 0.1) is 34.3 Å². The summed E-state index contributed by atoms with van der Waals surface area (Å²) in [6, 6.07) is 0. The van der Waals surface area contributed by atoms with Gasteiger partial charge in [-0.2, -0.15) is 0 Å². The van der Waals surface area contributed by atoms with Crippen molar-refractivity contribution in [2.24, 2.45) is 0 Å². The van der Waals surface area contributed by atoms with Gasteiger partial charge in [0, 0.05) is 0 Å². The molecule has 222 valence electrons. The third-order valence-electron chi connectivity index (χ3n) is 2.78.